The number of hydrogen-bond donors (Lipinski definition) is 0. The van der Waals surface area contributed by atoms with Crippen LogP contribution in [0, 0.1) is 10.1 Å². The molecule has 0 aliphatic carbocycles. The highest BCUT2D eigenvalue weighted by atomic mass is 79.9. The number of hydrogen-bond acceptors (Lipinski definition) is 7. The lowest BCUT2D eigenvalue weighted by Crippen LogP contribution is -2.27. The first-order chi connectivity index (χ1) is 18.5. The van der Waals surface area contributed by atoms with Crippen molar-refractivity contribution in [2.45, 2.75) is 32.7 Å². The van der Waals surface area contributed by atoms with Crippen LogP contribution in [-0.2, 0) is 16.8 Å². The molecule has 0 saturated carbocycles. The van der Waals surface area contributed by atoms with Crippen molar-refractivity contribution in [3.63, 3.8) is 0 Å². The summed E-state index contributed by atoms with van der Waals surface area (Å²) < 4.78 is 12.6. The number of carbonyl (C=O) groups is 2. The Hall–Kier alpha value is -3.63. The summed E-state index contributed by atoms with van der Waals surface area (Å²) in [6.07, 6.45) is 1.63. The van der Waals surface area contributed by atoms with E-state index in [0.717, 1.165) is 26.9 Å². The fraction of sp³-hybridized carbons (Fsp3) is 0.241. The van der Waals surface area contributed by atoms with Gasteiger partial charge in [0.15, 0.2) is 0 Å². The maximum absolute atomic E-state index is 13.0. The normalized spacial score (nSPS) is 14.7. The van der Waals surface area contributed by atoms with Crippen molar-refractivity contribution in [3.8, 4) is 11.5 Å². The van der Waals surface area contributed by atoms with E-state index in [1.807, 2.05) is 18.2 Å². The molecule has 1 saturated heterocycles. The molecule has 2 amide bonds. The molecule has 10 heteroatoms. The molecule has 1 aliphatic heterocycles. The van der Waals surface area contributed by atoms with E-state index in [9.17, 15) is 19.7 Å². The standard InChI is InChI=1S/C29H27BrN2O6S/c1-29(2,3)21-7-12-24(13-8-21)37-14-15-38-25-17-22(30)9-6-20(25)16-26-27(33)31(28(34)39-26)18-19-4-10-23(11-5-19)32(35)36/h4-13,16-17H,14-15,18H2,1-3H3/b26-16-. The number of nitro groups is 1. The van der Waals surface area contributed by atoms with E-state index in [1.165, 1.54) is 29.8 Å². The predicted octanol–water partition coefficient (Wildman–Crippen LogP) is 7.35. The molecule has 0 spiro atoms. The summed E-state index contributed by atoms with van der Waals surface area (Å²) in [6, 6.07) is 19.2. The molecule has 0 N–H and O–H groups in total. The maximum Gasteiger partial charge on any atom is 0.293 e. The van der Waals surface area contributed by atoms with Crippen LogP contribution in [0.5, 0.6) is 11.5 Å². The quantitative estimate of drug-likeness (QED) is 0.108. The van der Waals surface area contributed by atoms with Crippen molar-refractivity contribution >= 4 is 50.6 Å². The number of carbonyl (C=O) groups excluding carboxylic acids is 2. The molecule has 1 aliphatic rings. The lowest BCUT2D eigenvalue weighted by Gasteiger charge is -2.19. The molecule has 39 heavy (non-hydrogen) atoms. The zero-order chi connectivity index (χ0) is 28.2. The van der Waals surface area contributed by atoms with Gasteiger partial charge in [-0.15, -0.1) is 0 Å². The molecular formula is C29H27BrN2O6S. The molecule has 3 aromatic rings. The lowest BCUT2D eigenvalue weighted by molar-refractivity contribution is -0.384. The number of nitrogens with zero attached hydrogens (tertiary/aromatic N) is 2. The molecule has 0 bridgehead atoms. The number of rotatable bonds is 9. The van der Waals surface area contributed by atoms with Crippen LogP contribution < -0.4 is 9.47 Å². The topological polar surface area (TPSA) is 99.0 Å². The largest absolute Gasteiger partial charge is 0.490 e. The van der Waals surface area contributed by atoms with Gasteiger partial charge in [-0.2, -0.15) is 0 Å². The van der Waals surface area contributed by atoms with Crippen LogP contribution in [0.2, 0.25) is 0 Å². The second-order valence-corrected chi connectivity index (χ2v) is 11.8. The van der Waals surface area contributed by atoms with Gasteiger partial charge >= 0.3 is 0 Å². The van der Waals surface area contributed by atoms with Crippen molar-refractivity contribution in [1.29, 1.82) is 0 Å². The lowest BCUT2D eigenvalue weighted by atomic mass is 9.87. The Balaban J connectivity index is 1.40. The first-order valence-corrected chi connectivity index (χ1v) is 13.8. The minimum atomic E-state index is -0.499. The Morgan fingerprint density at radius 1 is 0.974 bits per heavy atom. The molecule has 0 atom stereocenters. The van der Waals surface area contributed by atoms with Gasteiger partial charge in [-0.1, -0.05) is 67.0 Å². The summed E-state index contributed by atoms with van der Waals surface area (Å²) in [5.41, 5.74) is 2.50. The fourth-order valence-electron chi connectivity index (χ4n) is 3.80. The van der Waals surface area contributed by atoms with Gasteiger partial charge in [0.1, 0.15) is 24.7 Å². The first kappa shape index (κ1) is 28.4. The molecule has 1 heterocycles. The van der Waals surface area contributed by atoms with Crippen LogP contribution >= 0.6 is 27.7 Å². The van der Waals surface area contributed by atoms with Crippen molar-refractivity contribution in [2.24, 2.45) is 0 Å². The number of amides is 2. The summed E-state index contributed by atoms with van der Waals surface area (Å²) >= 11 is 4.29. The van der Waals surface area contributed by atoms with Gasteiger partial charge in [0.25, 0.3) is 16.8 Å². The average molecular weight is 612 g/mol. The number of thioether (sulfide) groups is 1. The van der Waals surface area contributed by atoms with Crippen molar-refractivity contribution in [3.05, 3.63) is 103 Å². The fourth-order valence-corrected chi connectivity index (χ4v) is 4.97. The van der Waals surface area contributed by atoms with Crippen molar-refractivity contribution < 1.29 is 24.0 Å². The summed E-state index contributed by atoms with van der Waals surface area (Å²) in [5, 5.41) is 10.5. The van der Waals surface area contributed by atoms with E-state index < -0.39 is 16.1 Å². The Morgan fingerprint density at radius 3 is 2.28 bits per heavy atom. The van der Waals surface area contributed by atoms with Crippen LogP contribution in [0.15, 0.2) is 76.1 Å². The third kappa shape index (κ3) is 7.27. The molecule has 4 rings (SSSR count). The van der Waals surface area contributed by atoms with Crippen LogP contribution in [0.4, 0.5) is 10.5 Å². The Bertz CT molecular complexity index is 1420. The minimum absolute atomic E-state index is 0.0256. The smallest absolute Gasteiger partial charge is 0.293 e. The van der Waals surface area contributed by atoms with Gasteiger partial charge in [0.05, 0.1) is 16.4 Å². The Kier molecular flexibility index (Phi) is 8.76. The Labute approximate surface area is 239 Å². The van der Waals surface area contributed by atoms with E-state index in [1.54, 1.807) is 18.2 Å². The third-order valence-corrected chi connectivity index (χ3v) is 7.35. The van der Waals surface area contributed by atoms with E-state index >= 15 is 0 Å². The molecule has 0 aromatic heterocycles. The summed E-state index contributed by atoms with van der Waals surface area (Å²) in [6.45, 7) is 7.10. The first-order valence-electron chi connectivity index (χ1n) is 12.2. The monoisotopic (exact) mass is 610 g/mol. The van der Waals surface area contributed by atoms with Crippen molar-refractivity contribution in [2.75, 3.05) is 13.2 Å². The summed E-state index contributed by atoms with van der Waals surface area (Å²) in [4.78, 5) is 37.4. The summed E-state index contributed by atoms with van der Waals surface area (Å²) in [5.74, 6) is 0.861. The van der Waals surface area contributed by atoms with Gasteiger partial charge < -0.3 is 9.47 Å². The van der Waals surface area contributed by atoms with Gasteiger partial charge in [0, 0.05) is 22.2 Å². The van der Waals surface area contributed by atoms with Gasteiger partial charge in [-0.25, -0.2) is 0 Å². The second-order valence-electron chi connectivity index (χ2n) is 9.84. The van der Waals surface area contributed by atoms with Gasteiger partial charge in [-0.05, 0) is 58.6 Å². The number of imide groups is 1. The minimum Gasteiger partial charge on any atom is -0.490 e. The van der Waals surface area contributed by atoms with E-state index in [-0.39, 0.29) is 29.2 Å². The van der Waals surface area contributed by atoms with E-state index in [4.69, 9.17) is 9.47 Å². The van der Waals surface area contributed by atoms with Gasteiger partial charge in [0.2, 0.25) is 0 Å². The number of nitro benzene ring substituents is 1. The molecule has 3 aromatic carbocycles. The molecule has 1 fully saturated rings. The number of benzene rings is 3. The molecular weight excluding hydrogens is 584 g/mol. The van der Waals surface area contributed by atoms with Crippen LogP contribution in [0.1, 0.15) is 37.5 Å². The SMILES string of the molecule is CC(C)(C)c1ccc(OCCOc2cc(Br)ccc2/C=C2\SC(=O)N(Cc3ccc([N+](=O)[O-])cc3)C2=O)cc1. The molecule has 202 valence electrons. The third-order valence-electron chi connectivity index (χ3n) is 5.95. The maximum atomic E-state index is 13.0. The van der Waals surface area contributed by atoms with Crippen LogP contribution in [-0.4, -0.2) is 34.2 Å². The zero-order valence-corrected chi connectivity index (χ0v) is 24.1. The highest BCUT2D eigenvalue weighted by Gasteiger charge is 2.35. The van der Waals surface area contributed by atoms with E-state index in [2.05, 4.69) is 48.8 Å². The summed E-state index contributed by atoms with van der Waals surface area (Å²) in [7, 11) is 0. The predicted molar refractivity (Wildman–Crippen MR) is 155 cm³/mol. The Morgan fingerprint density at radius 2 is 1.64 bits per heavy atom. The zero-order valence-electron chi connectivity index (χ0n) is 21.7. The highest BCUT2D eigenvalue weighted by molar-refractivity contribution is 9.10. The number of non-ortho nitro benzene ring substituents is 1. The molecule has 8 nitrogen and oxygen atoms in total. The van der Waals surface area contributed by atoms with E-state index in [0.29, 0.717) is 23.5 Å². The molecule has 0 radical (unpaired) electrons. The average Bonchev–Trinajstić information content (AvgIpc) is 3.15. The molecule has 0 unspecified atom stereocenters. The number of ether oxygens (including phenoxy) is 2. The second kappa shape index (κ2) is 12.0. The van der Waals surface area contributed by atoms with Crippen molar-refractivity contribution in [1.82, 2.24) is 4.90 Å². The highest BCUT2D eigenvalue weighted by Crippen LogP contribution is 2.36. The number of halogens is 1. The van der Waals surface area contributed by atoms with Gasteiger partial charge in [-0.3, -0.25) is 24.6 Å². The van der Waals surface area contributed by atoms with Crippen LogP contribution in [0.3, 0.4) is 0 Å². The van der Waals surface area contributed by atoms with Crippen LogP contribution in [0.25, 0.3) is 6.08 Å².